The van der Waals surface area contributed by atoms with Gasteiger partial charge in [-0.25, -0.2) is 0 Å². The van der Waals surface area contributed by atoms with Crippen LogP contribution in [0.4, 0.5) is 5.69 Å². The van der Waals surface area contributed by atoms with Crippen LogP contribution in [-0.2, 0) is 0 Å². The number of hydrogen-bond acceptors (Lipinski definition) is 3. The van der Waals surface area contributed by atoms with E-state index >= 15 is 0 Å². The highest BCUT2D eigenvalue weighted by molar-refractivity contribution is 5.95. The summed E-state index contributed by atoms with van der Waals surface area (Å²) in [6.07, 6.45) is 0. The normalized spacial score (nSPS) is 12.5. The van der Waals surface area contributed by atoms with Crippen LogP contribution in [0.3, 0.4) is 0 Å². The molecule has 0 fully saturated rings. The molecule has 0 unspecified atom stereocenters. The number of anilines is 1. The molecule has 1 rings (SSSR count). The molecular formula is C12H18N2O2. The minimum Gasteiger partial charge on any atom is -0.399 e. The fourth-order valence-electron chi connectivity index (χ4n) is 1.35. The highest BCUT2D eigenvalue weighted by atomic mass is 16.3. The molecule has 4 N–H and O–H groups in total. The molecule has 0 aliphatic heterocycles. The van der Waals surface area contributed by atoms with E-state index in [1.165, 1.54) is 0 Å². The molecule has 0 aromatic heterocycles. The fourth-order valence-corrected chi connectivity index (χ4v) is 1.35. The van der Waals surface area contributed by atoms with Gasteiger partial charge in [0.2, 0.25) is 0 Å². The van der Waals surface area contributed by atoms with Crippen molar-refractivity contribution < 1.29 is 9.90 Å². The van der Waals surface area contributed by atoms with Crippen molar-refractivity contribution in [1.29, 1.82) is 0 Å². The number of rotatable bonds is 4. The molecule has 1 aromatic rings. The van der Waals surface area contributed by atoms with Crippen LogP contribution in [-0.4, -0.2) is 23.7 Å². The summed E-state index contributed by atoms with van der Waals surface area (Å²) >= 11 is 0. The summed E-state index contributed by atoms with van der Waals surface area (Å²) in [5.74, 6) is -0.0185. The van der Waals surface area contributed by atoms with E-state index in [0.717, 1.165) is 0 Å². The van der Waals surface area contributed by atoms with Gasteiger partial charge in [-0.05, 0) is 24.1 Å². The molecule has 0 bridgehead atoms. The van der Waals surface area contributed by atoms with Gasteiger partial charge in [0.1, 0.15) is 0 Å². The van der Waals surface area contributed by atoms with Crippen molar-refractivity contribution in [2.75, 3.05) is 12.3 Å². The van der Waals surface area contributed by atoms with Gasteiger partial charge in [-0.15, -0.1) is 0 Å². The zero-order chi connectivity index (χ0) is 12.1. The van der Waals surface area contributed by atoms with Crippen LogP contribution in [0, 0.1) is 5.92 Å². The van der Waals surface area contributed by atoms with Crippen molar-refractivity contribution in [3.05, 3.63) is 29.8 Å². The quantitative estimate of drug-likeness (QED) is 0.666. The number of amides is 1. The summed E-state index contributed by atoms with van der Waals surface area (Å²) in [6.45, 7) is 3.83. The van der Waals surface area contributed by atoms with E-state index in [1.807, 2.05) is 13.8 Å². The van der Waals surface area contributed by atoms with Crippen LogP contribution in [0.5, 0.6) is 0 Å². The van der Waals surface area contributed by atoms with Gasteiger partial charge in [0, 0.05) is 11.3 Å². The highest BCUT2D eigenvalue weighted by Crippen LogP contribution is 2.08. The lowest BCUT2D eigenvalue weighted by Crippen LogP contribution is -2.41. The molecule has 16 heavy (non-hydrogen) atoms. The Labute approximate surface area is 95.5 Å². The second-order valence-electron chi connectivity index (χ2n) is 4.13. The van der Waals surface area contributed by atoms with Gasteiger partial charge in [0.15, 0.2) is 0 Å². The number of benzene rings is 1. The smallest absolute Gasteiger partial charge is 0.251 e. The third-order valence-electron chi connectivity index (χ3n) is 2.47. The minimum absolute atomic E-state index is 0.0638. The van der Waals surface area contributed by atoms with Crippen molar-refractivity contribution in [1.82, 2.24) is 5.32 Å². The second kappa shape index (κ2) is 5.51. The fraction of sp³-hybridized carbons (Fsp3) is 0.417. The van der Waals surface area contributed by atoms with Crippen LogP contribution < -0.4 is 11.1 Å². The molecule has 0 aliphatic rings. The molecule has 88 valence electrons. The van der Waals surface area contributed by atoms with Gasteiger partial charge in [-0.1, -0.05) is 19.9 Å². The third-order valence-corrected chi connectivity index (χ3v) is 2.47. The number of aliphatic hydroxyl groups excluding tert-OH is 1. The van der Waals surface area contributed by atoms with E-state index in [-0.39, 0.29) is 24.5 Å². The lowest BCUT2D eigenvalue weighted by molar-refractivity contribution is 0.0897. The lowest BCUT2D eigenvalue weighted by atomic mass is 10.0. The number of carbonyl (C=O) groups excluding carboxylic acids is 1. The van der Waals surface area contributed by atoms with Crippen molar-refractivity contribution in [2.45, 2.75) is 19.9 Å². The molecular weight excluding hydrogens is 204 g/mol. The summed E-state index contributed by atoms with van der Waals surface area (Å²) in [5.41, 5.74) is 6.66. The number of nitrogen functional groups attached to an aromatic ring is 1. The molecule has 0 saturated heterocycles. The summed E-state index contributed by atoms with van der Waals surface area (Å²) in [7, 11) is 0. The van der Waals surface area contributed by atoms with Crippen LogP contribution in [0.25, 0.3) is 0 Å². The molecule has 4 heteroatoms. The Kier molecular flexibility index (Phi) is 4.31. The number of nitrogens with two attached hydrogens (primary N) is 1. The Morgan fingerprint density at radius 1 is 1.50 bits per heavy atom. The van der Waals surface area contributed by atoms with Gasteiger partial charge in [0.05, 0.1) is 12.6 Å². The van der Waals surface area contributed by atoms with Crippen molar-refractivity contribution in [3.63, 3.8) is 0 Å². The first-order valence-electron chi connectivity index (χ1n) is 5.32. The van der Waals surface area contributed by atoms with Crippen molar-refractivity contribution in [2.24, 2.45) is 5.92 Å². The summed E-state index contributed by atoms with van der Waals surface area (Å²) in [5, 5.41) is 11.9. The summed E-state index contributed by atoms with van der Waals surface area (Å²) in [4.78, 5) is 11.8. The maximum Gasteiger partial charge on any atom is 0.251 e. The molecule has 1 aromatic carbocycles. The maximum atomic E-state index is 11.8. The molecule has 1 amide bonds. The Balaban J connectivity index is 2.72. The SMILES string of the molecule is CC(C)[C@@H](CO)NC(=O)c1cccc(N)c1. The monoisotopic (exact) mass is 222 g/mol. The first-order chi connectivity index (χ1) is 7.54. The van der Waals surface area contributed by atoms with E-state index in [2.05, 4.69) is 5.32 Å². The topological polar surface area (TPSA) is 75.3 Å². The second-order valence-corrected chi connectivity index (χ2v) is 4.13. The van der Waals surface area contributed by atoms with E-state index < -0.39 is 0 Å². The average Bonchev–Trinajstić information content (AvgIpc) is 2.25. The van der Waals surface area contributed by atoms with E-state index in [0.29, 0.717) is 11.3 Å². The molecule has 0 saturated carbocycles. The Morgan fingerprint density at radius 3 is 2.69 bits per heavy atom. The van der Waals surface area contributed by atoms with Gasteiger partial charge in [-0.2, -0.15) is 0 Å². The van der Waals surface area contributed by atoms with Crippen LogP contribution >= 0.6 is 0 Å². The van der Waals surface area contributed by atoms with Gasteiger partial charge in [-0.3, -0.25) is 4.79 Å². The van der Waals surface area contributed by atoms with Crippen molar-refractivity contribution in [3.8, 4) is 0 Å². The molecule has 1 atom stereocenters. The van der Waals surface area contributed by atoms with E-state index in [4.69, 9.17) is 10.8 Å². The van der Waals surface area contributed by atoms with Crippen molar-refractivity contribution >= 4 is 11.6 Å². The van der Waals surface area contributed by atoms with E-state index in [1.54, 1.807) is 24.3 Å². The standard InChI is InChI=1S/C12H18N2O2/c1-8(2)11(7-15)14-12(16)9-4-3-5-10(13)6-9/h3-6,8,11,15H,7,13H2,1-2H3,(H,14,16)/t11-/m1/s1. The largest absolute Gasteiger partial charge is 0.399 e. The molecule has 0 heterocycles. The first kappa shape index (κ1) is 12.5. The summed E-state index contributed by atoms with van der Waals surface area (Å²) < 4.78 is 0. The van der Waals surface area contributed by atoms with Crippen LogP contribution in [0.15, 0.2) is 24.3 Å². The molecule has 0 spiro atoms. The highest BCUT2D eigenvalue weighted by Gasteiger charge is 2.15. The Hall–Kier alpha value is -1.55. The molecule has 4 nitrogen and oxygen atoms in total. The van der Waals surface area contributed by atoms with Gasteiger partial charge in [0.25, 0.3) is 5.91 Å². The Morgan fingerprint density at radius 2 is 2.19 bits per heavy atom. The predicted molar refractivity (Wildman–Crippen MR) is 64.0 cm³/mol. The summed E-state index contributed by atoms with van der Waals surface area (Å²) in [6, 6.07) is 6.54. The molecule has 0 radical (unpaired) electrons. The Bertz CT molecular complexity index is 364. The zero-order valence-electron chi connectivity index (χ0n) is 9.60. The predicted octanol–water partition coefficient (Wildman–Crippen LogP) is 1.02. The number of aliphatic hydroxyl groups is 1. The lowest BCUT2D eigenvalue weighted by Gasteiger charge is -2.19. The number of hydrogen-bond donors (Lipinski definition) is 3. The maximum absolute atomic E-state index is 11.8. The first-order valence-corrected chi connectivity index (χ1v) is 5.32. The van der Waals surface area contributed by atoms with Gasteiger partial charge >= 0.3 is 0 Å². The van der Waals surface area contributed by atoms with E-state index in [9.17, 15) is 4.79 Å². The third kappa shape index (κ3) is 3.24. The molecule has 0 aliphatic carbocycles. The number of nitrogens with one attached hydrogen (secondary N) is 1. The average molecular weight is 222 g/mol. The van der Waals surface area contributed by atoms with Gasteiger partial charge < -0.3 is 16.2 Å². The van der Waals surface area contributed by atoms with Crippen LogP contribution in [0.2, 0.25) is 0 Å². The minimum atomic E-state index is -0.228. The zero-order valence-corrected chi connectivity index (χ0v) is 9.60. The number of carbonyl (C=O) groups is 1. The van der Waals surface area contributed by atoms with Crippen LogP contribution in [0.1, 0.15) is 24.2 Å².